The van der Waals surface area contributed by atoms with Gasteiger partial charge in [-0.2, -0.15) is 5.26 Å². The molecule has 0 heterocycles. The molecule has 0 aliphatic heterocycles. The minimum absolute atomic E-state index is 0.143. The van der Waals surface area contributed by atoms with Crippen molar-refractivity contribution in [2.75, 3.05) is 13.7 Å². The first-order valence-corrected chi connectivity index (χ1v) is 6.59. The van der Waals surface area contributed by atoms with E-state index < -0.39 is 0 Å². The molecular formula is C13H14BrNO3. The van der Waals surface area contributed by atoms with Crippen molar-refractivity contribution >= 4 is 21.9 Å². The highest BCUT2D eigenvalue weighted by molar-refractivity contribution is 9.08. The largest absolute Gasteiger partial charge is 0.496 e. The smallest absolute Gasteiger partial charge is 0.310 e. The van der Waals surface area contributed by atoms with Crippen LogP contribution in [0.1, 0.15) is 23.6 Å². The van der Waals surface area contributed by atoms with E-state index in [1.165, 1.54) is 7.11 Å². The molecule has 0 saturated heterocycles. The quantitative estimate of drug-likeness (QED) is 0.619. The van der Waals surface area contributed by atoms with Gasteiger partial charge in [0.15, 0.2) is 0 Å². The van der Waals surface area contributed by atoms with Crippen LogP contribution in [-0.4, -0.2) is 19.7 Å². The second-order valence-corrected chi connectivity index (χ2v) is 4.10. The van der Waals surface area contributed by atoms with E-state index in [0.29, 0.717) is 23.2 Å². The fourth-order valence-corrected chi connectivity index (χ4v) is 2.13. The molecule has 0 atom stereocenters. The fourth-order valence-electron chi connectivity index (χ4n) is 1.63. The van der Waals surface area contributed by atoms with Gasteiger partial charge in [0.2, 0.25) is 0 Å². The Morgan fingerprint density at radius 3 is 2.72 bits per heavy atom. The number of benzene rings is 1. The van der Waals surface area contributed by atoms with Gasteiger partial charge in [0.05, 0.1) is 31.8 Å². The average Bonchev–Trinajstić information content (AvgIpc) is 2.39. The first-order valence-electron chi connectivity index (χ1n) is 5.47. The lowest BCUT2D eigenvalue weighted by atomic mass is 10.0. The number of carbonyl (C=O) groups is 1. The van der Waals surface area contributed by atoms with Crippen LogP contribution in [0.5, 0.6) is 5.75 Å². The lowest BCUT2D eigenvalue weighted by molar-refractivity contribution is -0.142. The summed E-state index contributed by atoms with van der Waals surface area (Å²) < 4.78 is 10.2. The maximum absolute atomic E-state index is 11.5. The molecule has 96 valence electrons. The third kappa shape index (κ3) is 3.47. The summed E-state index contributed by atoms with van der Waals surface area (Å²) in [6.07, 6.45) is 0.143. The molecule has 0 bridgehead atoms. The minimum atomic E-state index is -0.303. The number of alkyl halides is 1. The van der Waals surface area contributed by atoms with Crippen LogP contribution in [0, 0.1) is 11.3 Å². The van der Waals surface area contributed by atoms with Crippen molar-refractivity contribution in [3.05, 3.63) is 28.8 Å². The van der Waals surface area contributed by atoms with Gasteiger partial charge in [-0.3, -0.25) is 4.79 Å². The maximum atomic E-state index is 11.5. The molecule has 0 radical (unpaired) electrons. The molecule has 4 nitrogen and oxygen atoms in total. The Bertz CT molecular complexity index is 455. The molecule has 0 fully saturated rings. The normalized spacial score (nSPS) is 9.67. The summed E-state index contributed by atoms with van der Waals surface area (Å²) in [5.41, 5.74) is 2.12. The van der Waals surface area contributed by atoms with Crippen LogP contribution >= 0.6 is 15.9 Å². The van der Waals surface area contributed by atoms with Crippen molar-refractivity contribution in [2.24, 2.45) is 0 Å². The van der Waals surface area contributed by atoms with Crippen molar-refractivity contribution < 1.29 is 14.3 Å². The third-order valence-electron chi connectivity index (χ3n) is 2.42. The summed E-state index contributed by atoms with van der Waals surface area (Å²) in [6, 6.07) is 5.43. The van der Waals surface area contributed by atoms with E-state index in [0.717, 1.165) is 11.1 Å². The van der Waals surface area contributed by atoms with Crippen molar-refractivity contribution in [3.8, 4) is 11.8 Å². The number of rotatable bonds is 5. The standard InChI is InChI=1S/C13H14BrNO3/c1-3-18-13(16)6-11-10(7-14)4-9(8-15)5-12(11)17-2/h4-5H,3,6-7H2,1-2H3. The average molecular weight is 312 g/mol. The van der Waals surface area contributed by atoms with Crippen molar-refractivity contribution in [2.45, 2.75) is 18.7 Å². The van der Waals surface area contributed by atoms with Gasteiger partial charge in [0, 0.05) is 10.9 Å². The SMILES string of the molecule is CCOC(=O)Cc1c(CBr)cc(C#N)cc1OC. The molecule has 1 aromatic carbocycles. The van der Waals surface area contributed by atoms with Crippen LogP contribution in [0.15, 0.2) is 12.1 Å². The second kappa shape index (κ2) is 7.02. The Morgan fingerprint density at radius 1 is 1.50 bits per heavy atom. The molecule has 1 rings (SSSR count). The van der Waals surface area contributed by atoms with E-state index in [2.05, 4.69) is 22.0 Å². The summed E-state index contributed by atoms with van der Waals surface area (Å²) in [6.45, 7) is 2.11. The number of methoxy groups -OCH3 is 1. The van der Waals surface area contributed by atoms with Crippen molar-refractivity contribution in [1.82, 2.24) is 0 Å². The molecule has 0 amide bonds. The first kappa shape index (κ1) is 14.5. The van der Waals surface area contributed by atoms with Crippen LogP contribution in [0.2, 0.25) is 0 Å². The summed E-state index contributed by atoms with van der Waals surface area (Å²) >= 11 is 3.35. The number of nitrogens with zero attached hydrogens (tertiary/aromatic N) is 1. The summed E-state index contributed by atoms with van der Waals surface area (Å²) in [5.74, 6) is 0.235. The monoisotopic (exact) mass is 311 g/mol. The Morgan fingerprint density at radius 2 is 2.22 bits per heavy atom. The Balaban J connectivity index is 3.15. The number of hydrogen-bond acceptors (Lipinski definition) is 4. The summed E-state index contributed by atoms with van der Waals surface area (Å²) in [5, 5.41) is 9.47. The molecule has 5 heteroatoms. The molecule has 18 heavy (non-hydrogen) atoms. The number of nitriles is 1. The molecule has 0 aromatic heterocycles. The molecular weight excluding hydrogens is 298 g/mol. The predicted octanol–water partition coefficient (Wildman–Crippen LogP) is 2.57. The molecule has 0 saturated carbocycles. The number of carbonyl (C=O) groups excluding carboxylic acids is 1. The highest BCUT2D eigenvalue weighted by Gasteiger charge is 2.15. The highest BCUT2D eigenvalue weighted by Crippen LogP contribution is 2.27. The van der Waals surface area contributed by atoms with Gasteiger partial charge in [0.1, 0.15) is 5.75 Å². The Labute approximate surface area is 115 Å². The maximum Gasteiger partial charge on any atom is 0.310 e. The predicted molar refractivity (Wildman–Crippen MR) is 70.7 cm³/mol. The van der Waals surface area contributed by atoms with Gasteiger partial charge in [-0.1, -0.05) is 15.9 Å². The van der Waals surface area contributed by atoms with Crippen LogP contribution in [0.4, 0.5) is 0 Å². The molecule has 0 aliphatic carbocycles. The number of ether oxygens (including phenoxy) is 2. The molecule has 0 N–H and O–H groups in total. The molecule has 0 spiro atoms. The van der Waals surface area contributed by atoms with Crippen molar-refractivity contribution in [3.63, 3.8) is 0 Å². The van der Waals surface area contributed by atoms with E-state index in [9.17, 15) is 4.79 Å². The zero-order valence-corrected chi connectivity index (χ0v) is 11.9. The third-order valence-corrected chi connectivity index (χ3v) is 3.02. The molecule has 1 aromatic rings. The van der Waals surface area contributed by atoms with Gasteiger partial charge in [-0.05, 0) is 24.6 Å². The Kier molecular flexibility index (Phi) is 5.66. The zero-order valence-electron chi connectivity index (χ0n) is 10.3. The fraction of sp³-hybridized carbons (Fsp3) is 0.385. The number of halogens is 1. The van der Waals surface area contributed by atoms with Crippen LogP contribution < -0.4 is 4.74 Å². The van der Waals surface area contributed by atoms with Crippen molar-refractivity contribution in [1.29, 1.82) is 5.26 Å². The zero-order chi connectivity index (χ0) is 13.5. The lowest BCUT2D eigenvalue weighted by Crippen LogP contribution is -2.10. The summed E-state index contributed by atoms with van der Waals surface area (Å²) in [7, 11) is 1.52. The van der Waals surface area contributed by atoms with Gasteiger partial charge >= 0.3 is 5.97 Å². The van der Waals surface area contributed by atoms with Crippen LogP contribution in [-0.2, 0) is 21.3 Å². The summed E-state index contributed by atoms with van der Waals surface area (Å²) in [4.78, 5) is 11.5. The van der Waals surface area contributed by atoms with E-state index in [4.69, 9.17) is 14.7 Å². The minimum Gasteiger partial charge on any atom is -0.496 e. The number of hydrogen-bond donors (Lipinski definition) is 0. The Hall–Kier alpha value is -1.54. The van der Waals surface area contributed by atoms with E-state index in [1.807, 2.05) is 0 Å². The first-order chi connectivity index (χ1) is 8.65. The number of esters is 1. The lowest BCUT2D eigenvalue weighted by Gasteiger charge is -2.12. The van der Waals surface area contributed by atoms with E-state index in [-0.39, 0.29) is 12.4 Å². The van der Waals surface area contributed by atoms with Gasteiger partial charge in [-0.25, -0.2) is 0 Å². The molecule has 0 aliphatic rings. The topological polar surface area (TPSA) is 59.3 Å². The van der Waals surface area contributed by atoms with E-state index in [1.54, 1.807) is 19.1 Å². The van der Waals surface area contributed by atoms with E-state index >= 15 is 0 Å². The second-order valence-electron chi connectivity index (χ2n) is 3.54. The van der Waals surface area contributed by atoms with Crippen LogP contribution in [0.25, 0.3) is 0 Å². The van der Waals surface area contributed by atoms with Crippen LogP contribution in [0.3, 0.4) is 0 Å². The van der Waals surface area contributed by atoms with Gasteiger partial charge in [0.25, 0.3) is 0 Å². The molecule has 0 unspecified atom stereocenters. The van der Waals surface area contributed by atoms with Gasteiger partial charge < -0.3 is 9.47 Å². The van der Waals surface area contributed by atoms with Gasteiger partial charge in [-0.15, -0.1) is 0 Å². The highest BCUT2D eigenvalue weighted by atomic mass is 79.9.